The number of aromatic nitrogens is 1. The lowest BCUT2D eigenvalue weighted by atomic mass is 10.1. The second-order valence-corrected chi connectivity index (χ2v) is 4.72. The summed E-state index contributed by atoms with van der Waals surface area (Å²) in [5, 5.41) is 4.15. The normalized spacial score (nSPS) is 10.3. The molecule has 1 heterocycles. The van der Waals surface area contributed by atoms with E-state index in [2.05, 4.69) is 10.3 Å². The Morgan fingerprint density at radius 1 is 1.16 bits per heavy atom. The van der Waals surface area contributed by atoms with Gasteiger partial charge in [-0.25, -0.2) is 4.98 Å². The van der Waals surface area contributed by atoms with Crippen molar-refractivity contribution in [2.75, 3.05) is 19.0 Å². The van der Waals surface area contributed by atoms with Crippen LogP contribution >= 0.6 is 23.2 Å². The van der Waals surface area contributed by atoms with E-state index in [0.29, 0.717) is 21.6 Å². The number of nitrogens with zero attached hydrogens (tertiary/aromatic N) is 1. The molecule has 1 aromatic heterocycles. The maximum absolute atomic E-state index is 6.20. The molecule has 0 saturated carbocycles. The van der Waals surface area contributed by atoms with Crippen molar-refractivity contribution >= 4 is 29.0 Å². The molecule has 0 fully saturated rings. The Morgan fingerprint density at radius 2 is 1.84 bits per heavy atom. The van der Waals surface area contributed by atoms with Gasteiger partial charge in [0.1, 0.15) is 11.6 Å². The minimum Gasteiger partial charge on any atom is -0.497 e. The lowest BCUT2D eigenvalue weighted by Crippen LogP contribution is -2.01. The Balaban J connectivity index is 2.45. The lowest BCUT2D eigenvalue weighted by Gasteiger charge is -2.10. The van der Waals surface area contributed by atoms with E-state index in [9.17, 15) is 0 Å². The number of nitrogens with one attached hydrogen (secondary N) is 1. The number of hydrogen-bond acceptors (Lipinski definition) is 3. The summed E-state index contributed by atoms with van der Waals surface area (Å²) in [6.07, 6.45) is 0. The van der Waals surface area contributed by atoms with Crippen LogP contribution in [-0.2, 0) is 0 Å². The highest BCUT2D eigenvalue weighted by molar-refractivity contribution is 6.37. The molecule has 0 radical (unpaired) electrons. The summed E-state index contributed by atoms with van der Waals surface area (Å²) < 4.78 is 5.13. The fourth-order valence-electron chi connectivity index (χ4n) is 1.71. The molecule has 0 bridgehead atoms. The highest BCUT2D eigenvalue weighted by Gasteiger charge is 2.10. The molecule has 3 nitrogen and oxygen atoms in total. The monoisotopic (exact) mass is 296 g/mol. The number of anilines is 1. The summed E-state index contributed by atoms with van der Waals surface area (Å²) in [7, 11) is 1.63. The summed E-state index contributed by atoms with van der Waals surface area (Å²) in [5.74, 6) is 1.43. The second-order valence-electron chi connectivity index (χ2n) is 3.91. The van der Waals surface area contributed by atoms with E-state index in [4.69, 9.17) is 27.9 Å². The molecule has 0 amide bonds. The van der Waals surface area contributed by atoms with Gasteiger partial charge in [0.15, 0.2) is 0 Å². The van der Waals surface area contributed by atoms with Crippen molar-refractivity contribution in [1.82, 2.24) is 4.98 Å². The summed E-state index contributed by atoms with van der Waals surface area (Å²) in [5.41, 5.74) is 1.62. The number of halogens is 2. The number of hydrogen-bond donors (Lipinski definition) is 1. The zero-order chi connectivity index (χ0) is 13.8. The standard InChI is InChI=1S/C14H14Cl2N2O/c1-3-17-14-12(16)8-11(15)13(18-14)9-4-6-10(19-2)7-5-9/h4-8H,3H2,1-2H3,(H,17,18). The fraction of sp³-hybridized carbons (Fsp3) is 0.214. The number of benzene rings is 1. The summed E-state index contributed by atoms with van der Waals surface area (Å²) >= 11 is 12.3. The Kier molecular flexibility index (Phi) is 4.51. The molecule has 2 aromatic rings. The average Bonchev–Trinajstić information content (AvgIpc) is 2.42. The molecule has 5 heteroatoms. The van der Waals surface area contributed by atoms with Gasteiger partial charge in [0.05, 0.1) is 22.8 Å². The van der Waals surface area contributed by atoms with E-state index >= 15 is 0 Å². The van der Waals surface area contributed by atoms with Crippen molar-refractivity contribution in [3.8, 4) is 17.0 Å². The van der Waals surface area contributed by atoms with E-state index in [1.807, 2.05) is 31.2 Å². The number of ether oxygens (including phenoxy) is 1. The first-order chi connectivity index (χ1) is 9.15. The van der Waals surface area contributed by atoms with Gasteiger partial charge in [0.25, 0.3) is 0 Å². The molecule has 19 heavy (non-hydrogen) atoms. The zero-order valence-corrected chi connectivity index (χ0v) is 12.2. The summed E-state index contributed by atoms with van der Waals surface area (Å²) in [4.78, 5) is 4.47. The van der Waals surface area contributed by atoms with E-state index in [0.717, 1.165) is 17.9 Å². The summed E-state index contributed by atoms with van der Waals surface area (Å²) in [6, 6.07) is 9.27. The van der Waals surface area contributed by atoms with E-state index < -0.39 is 0 Å². The minimum absolute atomic E-state index is 0.518. The van der Waals surface area contributed by atoms with Crippen molar-refractivity contribution in [2.45, 2.75) is 6.92 Å². The van der Waals surface area contributed by atoms with E-state index in [1.54, 1.807) is 13.2 Å². The van der Waals surface area contributed by atoms with Crippen molar-refractivity contribution in [2.24, 2.45) is 0 Å². The van der Waals surface area contributed by atoms with Gasteiger partial charge in [-0.2, -0.15) is 0 Å². The Morgan fingerprint density at radius 3 is 2.42 bits per heavy atom. The van der Waals surface area contributed by atoms with Gasteiger partial charge in [-0.3, -0.25) is 0 Å². The third-order valence-electron chi connectivity index (χ3n) is 2.64. The molecule has 100 valence electrons. The predicted octanol–water partition coefficient (Wildman–Crippen LogP) is 4.50. The molecule has 1 N–H and O–H groups in total. The lowest BCUT2D eigenvalue weighted by molar-refractivity contribution is 0.415. The first-order valence-electron chi connectivity index (χ1n) is 5.90. The van der Waals surface area contributed by atoms with Crippen molar-refractivity contribution in [3.05, 3.63) is 40.4 Å². The topological polar surface area (TPSA) is 34.2 Å². The second kappa shape index (κ2) is 6.13. The first-order valence-corrected chi connectivity index (χ1v) is 6.65. The van der Waals surface area contributed by atoms with Crippen LogP contribution in [0.3, 0.4) is 0 Å². The number of rotatable bonds is 4. The zero-order valence-electron chi connectivity index (χ0n) is 10.7. The minimum atomic E-state index is 0.518. The predicted molar refractivity (Wildman–Crippen MR) is 80.4 cm³/mol. The first kappa shape index (κ1) is 14.0. The third kappa shape index (κ3) is 3.11. The van der Waals surface area contributed by atoms with Gasteiger partial charge in [-0.15, -0.1) is 0 Å². The summed E-state index contributed by atoms with van der Waals surface area (Å²) in [6.45, 7) is 2.73. The Hall–Kier alpha value is -1.45. The van der Waals surface area contributed by atoms with Crippen LogP contribution in [0.1, 0.15) is 6.92 Å². The highest BCUT2D eigenvalue weighted by atomic mass is 35.5. The smallest absolute Gasteiger partial charge is 0.145 e. The van der Waals surface area contributed by atoms with Crippen LogP contribution in [0.2, 0.25) is 10.0 Å². The number of methoxy groups -OCH3 is 1. The molecule has 0 spiro atoms. The maximum atomic E-state index is 6.20. The van der Waals surface area contributed by atoms with Crippen LogP contribution in [0.15, 0.2) is 30.3 Å². The molecule has 0 unspecified atom stereocenters. The van der Waals surface area contributed by atoms with Crippen LogP contribution < -0.4 is 10.1 Å². The SMILES string of the molecule is CCNc1nc(-c2ccc(OC)cc2)c(Cl)cc1Cl. The molecule has 0 atom stereocenters. The van der Waals surface area contributed by atoms with E-state index in [-0.39, 0.29) is 0 Å². The largest absolute Gasteiger partial charge is 0.497 e. The van der Waals surface area contributed by atoms with Crippen LogP contribution in [0.5, 0.6) is 5.75 Å². The Labute approximate surface area is 122 Å². The molecule has 0 saturated heterocycles. The molecule has 0 aliphatic carbocycles. The molecule has 2 rings (SSSR count). The van der Waals surface area contributed by atoms with Crippen LogP contribution in [0.25, 0.3) is 11.3 Å². The number of pyridine rings is 1. The molecule has 1 aromatic carbocycles. The van der Waals surface area contributed by atoms with Gasteiger partial charge in [-0.05, 0) is 37.3 Å². The quantitative estimate of drug-likeness (QED) is 0.902. The molecular formula is C14H14Cl2N2O. The highest BCUT2D eigenvalue weighted by Crippen LogP contribution is 2.32. The van der Waals surface area contributed by atoms with Crippen LogP contribution in [0, 0.1) is 0 Å². The van der Waals surface area contributed by atoms with Crippen molar-refractivity contribution in [1.29, 1.82) is 0 Å². The van der Waals surface area contributed by atoms with Gasteiger partial charge in [-0.1, -0.05) is 23.2 Å². The third-order valence-corrected chi connectivity index (χ3v) is 3.21. The maximum Gasteiger partial charge on any atom is 0.145 e. The van der Waals surface area contributed by atoms with Gasteiger partial charge >= 0.3 is 0 Å². The van der Waals surface area contributed by atoms with Crippen molar-refractivity contribution < 1.29 is 4.74 Å². The van der Waals surface area contributed by atoms with Crippen molar-refractivity contribution in [3.63, 3.8) is 0 Å². The molecular weight excluding hydrogens is 283 g/mol. The molecule has 0 aliphatic heterocycles. The fourth-order valence-corrected chi connectivity index (χ4v) is 2.24. The van der Waals surface area contributed by atoms with Crippen LogP contribution in [0.4, 0.5) is 5.82 Å². The average molecular weight is 297 g/mol. The Bertz CT molecular complexity index is 570. The van der Waals surface area contributed by atoms with E-state index in [1.165, 1.54) is 0 Å². The molecule has 0 aliphatic rings. The van der Waals surface area contributed by atoms with Gasteiger partial charge in [0.2, 0.25) is 0 Å². The van der Waals surface area contributed by atoms with Gasteiger partial charge in [0, 0.05) is 12.1 Å². The van der Waals surface area contributed by atoms with Crippen LogP contribution in [-0.4, -0.2) is 18.6 Å². The van der Waals surface area contributed by atoms with Gasteiger partial charge < -0.3 is 10.1 Å².